The van der Waals surface area contributed by atoms with Crippen LogP contribution < -0.4 is 16.8 Å². The van der Waals surface area contributed by atoms with Crippen molar-refractivity contribution in [3.63, 3.8) is 0 Å². The van der Waals surface area contributed by atoms with E-state index in [1.54, 1.807) is 0 Å². The second-order valence-electron chi connectivity index (χ2n) is 8.15. The van der Waals surface area contributed by atoms with E-state index in [9.17, 15) is 4.79 Å². The molecule has 156 valence electrons. The highest BCUT2D eigenvalue weighted by molar-refractivity contribution is 6.03. The first-order chi connectivity index (χ1) is 13.9. The summed E-state index contributed by atoms with van der Waals surface area (Å²) in [6.45, 7) is 8.00. The molecule has 0 bridgehead atoms. The predicted molar refractivity (Wildman–Crippen MR) is 118 cm³/mol. The minimum atomic E-state index is -0.469. The van der Waals surface area contributed by atoms with Gasteiger partial charge in [-0.15, -0.1) is 0 Å². The summed E-state index contributed by atoms with van der Waals surface area (Å²) in [6.07, 6.45) is 3.37. The minimum Gasteiger partial charge on any atom is -0.353 e. The normalized spacial score (nSPS) is 13.9. The molecular weight excluding hydrogens is 364 g/mol. The number of rotatable bonds is 9. The molecule has 0 fully saturated rings. The van der Waals surface area contributed by atoms with Gasteiger partial charge in [-0.1, -0.05) is 39.0 Å². The summed E-state index contributed by atoms with van der Waals surface area (Å²) in [5.74, 6) is 0.511. The molecule has 7 nitrogen and oxygen atoms in total. The van der Waals surface area contributed by atoms with Crippen LogP contribution in [-0.2, 0) is 11.3 Å². The van der Waals surface area contributed by atoms with Crippen LogP contribution >= 0.6 is 0 Å². The largest absolute Gasteiger partial charge is 0.353 e. The van der Waals surface area contributed by atoms with E-state index in [1.165, 1.54) is 0 Å². The van der Waals surface area contributed by atoms with Crippen LogP contribution in [-0.4, -0.2) is 39.6 Å². The third-order valence-electron chi connectivity index (χ3n) is 5.26. The Balaban J connectivity index is 1.87. The van der Waals surface area contributed by atoms with Gasteiger partial charge in [0.25, 0.3) is 0 Å². The lowest BCUT2D eigenvalue weighted by Crippen LogP contribution is -2.42. The number of fused-ring (bicyclic) bond motifs is 3. The average molecular weight is 397 g/mol. The molecule has 3 aromatic rings. The molecule has 1 amide bonds. The van der Waals surface area contributed by atoms with Gasteiger partial charge in [0.1, 0.15) is 5.52 Å². The Bertz CT molecular complexity index is 980. The van der Waals surface area contributed by atoms with Crippen molar-refractivity contribution in [1.82, 2.24) is 19.9 Å². The lowest BCUT2D eigenvalue weighted by atomic mass is 10.0. The van der Waals surface area contributed by atoms with Gasteiger partial charge in [0, 0.05) is 24.4 Å². The topological polar surface area (TPSA) is 112 Å². The molecule has 0 saturated heterocycles. The minimum absolute atomic E-state index is 0.105. The fourth-order valence-electron chi connectivity index (χ4n) is 3.75. The van der Waals surface area contributed by atoms with Crippen molar-refractivity contribution >= 4 is 27.8 Å². The highest BCUT2D eigenvalue weighted by atomic mass is 16.2. The van der Waals surface area contributed by atoms with Gasteiger partial charge >= 0.3 is 0 Å². The first kappa shape index (κ1) is 21.2. The van der Waals surface area contributed by atoms with Crippen molar-refractivity contribution in [2.75, 3.05) is 13.1 Å². The van der Waals surface area contributed by atoms with E-state index in [4.69, 9.17) is 16.5 Å². The number of carbonyl (C=O) groups excluding carboxylic acids is 1. The molecule has 3 rings (SSSR count). The standard InChI is InChI=1S/C22H32N6O/c1-14(2)12-17(24)22(29)25-10-11-28-13-26-20-19(15(3)8-9-23)27-18-7-5-4-6-16(18)21(20)28/h4-7,13-15,17H,8-12,23-24H2,1-3H3,(H,25,29). The van der Waals surface area contributed by atoms with Gasteiger partial charge in [0.2, 0.25) is 5.91 Å². The van der Waals surface area contributed by atoms with Crippen molar-refractivity contribution < 1.29 is 4.79 Å². The maximum Gasteiger partial charge on any atom is 0.236 e. The van der Waals surface area contributed by atoms with Crippen LogP contribution in [0.2, 0.25) is 0 Å². The summed E-state index contributed by atoms with van der Waals surface area (Å²) >= 11 is 0. The molecule has 29 heavy (non-hydrogen) atoms. The first-order valence-electron chi connectivity index (χ1n) is 10.4. The van der Waals surface area contributed by atoms with Crippen molar-refractivity contribution in [3.8, 4) is 0 Å². The van der Waals surface area contributed by atoms with Crippen molar-refractivity contribution in [2.45, 2.75) is 52.1 Å². The summed E-state index contributed by atoms with van der Waals surface area (Å²) in [7, 11) is 0. The van der Waals surface area contributed by atoms with Crippen LogP contribution in [0.25, 0.3) is 21.9 Å². The number of nitrogens with one attached hydrogen (secondary N) is 1. The second-order valence-corrected chi connectivity index (χ2v) is 8.15. The van der Waals surface area contributed by atoms with Crippen LogP contribution in [0.5, 0.6) is 0 Å². The number of hydrogen-bond donors (Lipinski definition) is 3. The van der Waals surface area contributed by atoms with E-state index >= 15 is 0 Å². The number of nitrogens with zero attached hydrogens (tertiary/aromatic N) is 3. The zero-order chi connectivity index (χ0) is 21.0. The highest BCUT2D eigenvalue weighted by Crippen LogP contribution is 2.30. The Hall–Kier alpha value is -2.51. The van der Waals surface area contributed by atoms with E-state index in [0.717, 1.165) is 34.1 Å². The zero-order valence-electron chi connectivity index (χ0n) is 17.6. The number of benzene rings is 1. The van der Waals surface area contributed by atoms with Crippen molar-refractivity contribution in [1.29, 1.82) is 0 Å². The quantitative estimate of drug-likeness (QED) is 0.514. The van der Waals surface area contributed by atoms with E-state index in [2.05, 4.69) is 41.7 Å². The van der Waals surface area contributed by atoms with Gasteiger partial charge in [-0.3, -0.25) is 9.78 Å². The Labute approximate surface area is 171 Å². The maximum atomic E-state index is 12.2. The lowest BCUT2D eigenvalue weighted by Gasteiger charge is -2.15. The first-order valence-corrected chi connectivity index (χ1v) is 10.4. The van der Waals surface area contributed by atoms with E-state index in [-0.39, 0.29) is 11.8 Å². The molecule has 2 atom stereocenters. The van der Waals surface area contributed by atoms with E-state index < -0.39 is 6.04 Å². The molecular formula is C22H32N6O. The molecule has 2 aromatic heterocycles. The van der Waals surface area contributed by atoms with Gasteiger partial charge in [-0.2, -0.15) is 0 Å². The van der Waals surface area contributed by atoms with Crippen LogP contribution in [0.15, 0.2) is 30.6 Å². The number of amides is 1. The van der Waals surface area contributed by atoms with Gasteiger partial charge in [-0.25, -0.2) is 4.98 Å². The summed E-state index contributed by atoms with van der Waals surface area (Å²) in [6, 6.07) is 7.63. The highest BCUT2D eigenvalue weighted by Gasteiger charge is 2.18. The monoisotopic (exact) mass is 396 g/mol. The average Bonchev–Trinajstić information content (AvgIpc) is 3.11. The summed E-state index contributed by atoms with van der Waals surface area (Å²) in [5.41, 5.74) is 15.6. The van der Waals surface area contributed by atoms with Crippen LogP contribution in [0.3, 0.4) is 0 Å². The van der Waals surface area contributed by atoms with Crippen LogP contribution in [0.4, 0.5) is 0 Å². The Kier molecular flexibility index (Phi) is 6.82. The number of nitrogens with two attached hydrogens (primary N) is 2. The smallest absolute Gasteiger partial charge is 0.236 e. The number of pyridine rings is 1. The number of imidazole rings is 1. The molecule has 0 aliphatic heterocycles. The zero-order valence-corrected chi connectivity index (χ0v) is 17.6. The van der Waals surface area contributed by atoms with Crippen LogP contribution in [0, 0.1) is 5.92 Å². The molecule has 0 radical (unpaired) electrons. The summed E-state index contributed by atoms with van der Waals surface area (Å²) < 4.78 is 2.09. The summed E-state index contributed by atoms with van der Waals surface area (Å²) in [4.78, 5) is 21.8. The molecule has 5 N–H and O–H groups in total. The lowest BCUT2D eigenvalue weighted by molar-refractivity contribution is -0.122. The predicted octanol–water partition coefficient (Wildman–Crippen LogP) is 2.53. The van der Waals surface area contributed by atoms with Gasteiger partial charge in [0.15, 0.2) is 0 Å². The molecule has 0 aliphatic rings. The van der Waals surface area contributed by atoms with Crippen molar-refractivity contribution in [2.24, 2.45) is 17.4 Å². The Morgan fingerprint density at radius 1 is 1.24 bits per heavy atom. The summed E-state index contributed by atoms with van der Waals surface area (Å²) in [5, 5.41) is 4.01. The Morgan fingerprint density at radius 2 is 2.00 bits per heavy atom. The SMILES string of the molecule is CC(C)CC(N)C(=O)NCCn1cnc2c(C(C)CCN)nc3ccccc3c21. The molecule has 2 heterocycles. The van der Waals surface area contributed by atoms with Crippen LogP contribution in [0.1, 0.15) is 45.2 Å². The molecule has 7 heteroatoms. The third-order valence-corrected chi connectivity index (χ3v) is 5.26. The van der Waals surface area contributed by atoms with Crippen molar-refractivity contribution in [3.05, 3.63) is 36.3 Å². The van der Waals surface area contributed by atoms with Gasteiger partial charge in [-0.05, 0) is 31.4 Å². The molecule has 0 saturated carbocycles. The Morgan fingerprint density at radius 3 is 2.72 bits per heavy atom. The molecule has 0 spiro atoms. The maximum absolute atomic E-state index is 12.2. The third kappa shape index (κ3) is 4.74. The molecule has 2 unspecified atom stereocenters. The second kappa shape index (κ2) is 9.33. The van der Waals surface area contributed by atoms with E-state index in [0.29, 0.717) is 32.0 Å². The van der Waals surface area contributed by atoms with Gasteiger partial charge < -0.3 is 21.4 Å². The fraction of sp³-hybridized carbons (Fsp3) is 0.500. The molecule has 0 aliphatic carbocycles. The number of aromatic nitrogens is 3. The number of para-hydroxylation sites is 1. The number of hydrogen-bond acceptors (Lipinski definition) is 5. The molecule has 1 aromatic carbocycles. The number of carbonyl (C=O) groups is 1. The van der Waals surface area contributed by atoms with E-state index in [1.807, 2.05) is 24.5 Å². The van der Waals surface area contributed by atoms with Gasteiger partial charge in [0.05, 0.1) is 29.1 Å². The fourth-order valence-corrected chi connectivity index (χ4v) is 3.75.